The molecule has 9 heteroatoms. The van der Waals surface area contributed by atoms with Gasteiger partial charge in [-0.3, -0.25) is 4.79 Å². The van der Waals surface area contributed by atoms with Crippen molar-refractivity contribution in [2.45, 2.75) is 62.0 Å². The zero-order chi connectivity index (χ0) is 29.0. The molecule has 0 aliphatic heterocycles. The van der Waals surface area contributed by atoms with Gasteiger partial charge in [0.15, 0.2) is 0 Å². The number of carboxylic acids is 1. The second kappa shape index (κ2) is 12.6. The molecule has 0 saturated heterocycles. The molecule has 0 aliphatic rings. The number of furan rings is 1. The Morgan fingerprint density at radius 3 is 2.20 bits per heavy atom. The minimum absolute atomic E-state index is 0.191. The Kier molecular flexibility index (Phi) is 9.38. The quantitative estimate of drug-likeness (QED) is 0.148. The van der Waals surface area contributed by atoms with E-state index in [4.69, 9.17) is 4.42 Å². The number of aryl methyl sites for hydroxylation is 3. The summed E-state index contributed by atoms with van der Waals surface area (Å²) in [6.07, 6.45) is -4.53. The molecule has 1 aromatic heterocycles. The summed E-state index contributed by atoms with van der Waals surface area (Å²) >= 11 is 2.80. The van der Waals surface area contributed by atoms with Crippen molar-refractivity contribution in [1.82, 2.24) is 4.31 Å². The second-order valence-corrected chi connectivity index (χ2v) is 12.2. The molecule has 1 atom stereocenters. The van der Waals surface area contributed by atoms with Crippen molar-refractivity contribution >= 4 is 29.7 Å². The summed E-state index contributed by atoms with van der Waals surface area (Å²) in [6, 6.07) is 22.3. The van der Waals surface area contributed by atoms with Gasteiger partial charge in [-0.05, 0) is 91.7 Å². The van der Waals surface area contributed by atoms with Crippen molar-refractivity contribution in [3.8, 4) is 11.1 Å². The van der Waals surface area contributed by atoms with Gasteiger partial charge < -0.3 is 9.52 Å². The van der Waals surface area contributed by atoms with E-state index in [0.717, 1.165) is 49.2 Å². The first-order valence-electron chi connectivity index (χ1n) is 12.6. The van der Waals surface area contributed by atoms with Crippen molar-refractivity contribution in [2.75, 3.05) is 0 Å². The molecule has 0 aliphatic carbocycles. The van der Waals surface area contributed by atoms with Crippen LogP contribution in [-0.2, 0) is 24.1 Å². The highest BCUT2D eigenvalue weighted by atomic mass is 32.2. The average Bonchev–Trinajstić information content (AvgIpc) is 3.36. The Bertz CT molecular complexity index is 1460. The maximum Gasteiger partial charge on any atom is 0.449 e. The topological polar surface area (TPSA) is 53.7 Å². The van der Waals surface area contributed by atoms with Crippen molar-refractivity contribution in [3.63, 3.8) is 0 Å². The lowest BCUT2D eigenvalue weighted by atomic mass is 10.0. The highest BCUT2D eigenvalue weighted by Gasteiger charge is 2.35. The molecule has 1 heterocycles. The summed E-state index contributed by atoms with van der Waals surface area (Å²) in [5, 5.41) is 8.66. The number of carboxylic acid groups (broad SMARTS) is 1. The van der Waals surface area contributed by atoms with Crippen LogP contribution in [0.15, 0.2) is 87.0 Å². The first-order valence-corrected chi connectivity index (χ1v) is 14.3. The summed E-state index contributed by atoms with van der Waals surface area (Å²) in [5.74, 6) is -1.62. The predicted molar refractivity (Wildman–Crippen MR) is 154 cm³/mol. The van der Waals surface area contributed by atoms with E-state index in [0.29, 0.717) is 6.54 Å². The van der Waals surface area contributed by atoms with Gasteiger partial charge in [0.1, 0.15) is 11.0 Å². The van der Waals surface area contributed by atoms with Crippen molar-refractivity contribution in [2.24, 2.45) is 0 Å². The van der Waals surface area contributed by atoms with Crippen LogP contribution in [0.25, 0.3) is 11.1 Å². The minimum Gasteiger partial charge on any atom is -0.480 e. The third kappa shape index (κ3) is 7.74. The van der Waals surface area contributed by atoms with E-state index >= 15 is 0 Å². The first kappa shape index (κ1) is 29.8. The molecule has 0 bridgehead atoms. The van der Waals surface area contributed by atoms with Gasteiger partial charge in [-0.2, -0.15) is 13.2 Å². The molecule has 4 nitrogen and oxygen atoms in total. The monoisotopic (exact) mass is 585 g/mol. The number of aliphatic carboxylic acids is 1. The molecule has 1 unspecified atom stereocenters. The standard InChI is InChI=1S/C31H30F3NO3S2/c1-19-14-20(2)29(21(3)15-19)40-35(18-26-12-13-28(38-26)31(32,33)34)17-23-8-10-24(11-9-23)25-6-5-7-27(16-25)39-22(4)30(36)37/h5-16,22H,17-18H2,1-4H3,(H,36,37). The average molecular weight is 586 g/mol. The van der Waals surface area contributed by atoms with Crippen LogP contribution in [0.5, 0.6) is 0 Å². The number of halogens is 3. The lowest BCUT2D eigenvalue weighted by molar-refractivity contribution is -0.153. The zero-order valence-corrected chi connectivity index (χ0v) is 24.2. The van der Waals surface area contributed by atoms with Gasteiger partial charge in [-0.25, -0.2) is 4.31 Å². The highest BCUT2D eigenvalue weighted by molar-refractivity contribution is 8.00. The molecule has 0 radical (unpaired) electrons. The molecule has 0 spiro atoms. The van der Waals surface area contributed by atoms with Gasteiger partial charge in [0.2, 0.25) is 5.76 Å². The molecule has 3 aromatic carbocycles. The van der Waals surface area contributed by atoms with E-state index in [-0.39, 0.29) is 12.3 Å². The van der Waals surface area contributed by atoms with E-state index in [1.54, 1.807) is 6.92 Å². The van der Waals surface area contributed by atoms with Crippen LogP contribution in [0.4, 0.5) is 13.2 Å². The number of alkyl halides is 3. The third-order valence-electron chi connectivity index (χ3n) is 6.24. The lowest BCUT2D eigenvalue weighted by Gasteiger charge is -2.23. The zero-order valence-electron chi connectivity index (χ0n) is 22.6. The molecule has 4 rings (SSSR count). The fraction of sp³-hybridized carbons (Fsp3) is 0.258. The van der Waals surface area contributed by atoms with Crippen LogP contribution in [0, 0.1) is 20.8 Å². The van der Waals surface area contributed by atoms with E-state index < -0.39 is 23.2 Å². The van der Waals surface area contributed by atoms with Crippen LogP contribution in [-0.4, -0.2) is 20.6 Å². The number of nitrogens with zero attached hydrogens (tertiary/aromatic N) is 1. The Hall–Kier alpha value is -3.14. The molecular formula is C31H30F3NO3S2. The van der Waals surface area contributed by atoms with Crippen molar-refractivity contribution in [3.05, 3.63) is 107 Å². The Morgan fingerprint density at radius 1 is 0.925 bits per heavy atom. The van der Waals surface area contributed by atoms with Gasteiger partial charge in [-0.15, -0.1) is 11.8 Å². The summed E-state index contributed by atoms with van der Waals surface area (Å²) in [7, 11) is 0. The Balaban J connectivity index is 1.56. The van der Waals surface area contributed by atoms with Gasteiger partial charge >= 0.3 is 12.1 Å². The Labute approximate surface area is 240 Å². The van der Waals surface area contributed by atoms with E-state index in [2.05, 4.69) is 12.1 Å². The first-order chi connectivity index (χ1) is 18.9. The van der Waals surface area contributed by atoms with Gasteiger partial charge in [0.05, 0.1) is 6.54 Å². The SMILES string of the molecule is Cc1cc(C)c(SN(Cc2ccc(-c3cccc(SC(C)C(=O)O)c3)cc2)Cc2ccc(C(F)(F)F)o2)c(C)c1. The summed E-state index contributed by atoms with van der Waals surface area (Å²) in [6.45, 7) is 8.43. The predicted octanol–water partition coefficient (Wildman–Crippen LogP) is 9.17. The van der Waals surface area contributed by atoms with E-state index in [1.807, 2.05) is 73.6 Å². The van der Waals surface area contributed by atoms with Crippen LogP contribution < -0.4 is 0 Å². The number of hydrogen-bond donors (Lipinski definition) is 1. The number of hydrogen-bond acceptors (Lipinski definition) is 5. The largest absolute Gasteiger partial charge is 0.480 e. The molecule has 0 fully saturated rings. The number of benzene rings is 3. The molecule has 40 heavy (non-hydrogen) atoms. The number of carbonyl (C=O) groups is 1. The van der Waals surface area contributed by atoms with Gasteiger partial charge in [0, 0.05) is 16.3 Å². The molecule has 0 saturated carbocycles. The molecule has 1 N–H and O–H groups in total. The molecule has 4 aromatic rings. The minimum atomic E-state index is -4.53. The van der Waals surface area contributed by atoms with Gasteiger partial charge in [0.25, 0.3) is 0 Å². The summed E-state index contributed by atoms with van der Waals surface area (Å²) in [5.41, 5.74) is 6.32. The molecule has 0 amide bonds. The summed E-state index contributed by atoms with van der Waals surface area (Å²) < 4.78 is 46.6. The van der Waals surface area contributed by atoms with E-state index in [1.165, 1.54) is 29.8 Å². The van der Waals surface area contributed by atoms with Crippen LogP contribution >= 0.6 is 23.7 Å². The molecular weight excluding hydrogens is 555 g/mol. The van der Waals surface area contributed by atoms with Crippen LogP contribution in [0.1, 0.15) is 40.7 Å². The van der Waals surface area contributed by atoms with Crippen LogP contribution in [0.3, 0.4) is 0 Å². The maximum atomic E-state index is 13.1. The van der Waals surface area contributed by atoms with Crippen LogP contribution in [0.2, 0.25) is 0 Å². The fourth-order valence-corrected chi connectivity index (χ4v) is 6.29. The van der Waals surface area contributed by atoms with E-state index in [9.17, 15) is 23.1 Å². The normalized spacial score (nSPS) is 12.6. The maximum absolute atomic E-state index is 13.1. The van der Waals surface area contributed by atoms with Crippen molar-refractivity contribution in [1.29, 1.82) is 0 Å². The number of thioether (sulfide) groups is 1. The number of rotatable bonds is 10. The Morgan fingerprint density at radius 2 is 1.60 bits per heavy atom. The van der Waals surface area contributed by atoms with Gasteiger partial charge in [-0.1, -0.05) is 54.1 Å². The lowest BCUT2D eigenvalue weighted by Crippen LogP contribution is -2.15. The fourth-order valence-electron chi connectivity index (χ4n) is 4.36. The van der Waals surface area contributed by atoms with Crippen molar-refractivity contribution < 1.29 is 27.5 Å². The second-order valence-electron chi connectivity index (χ2n) is 9.70. The third-order valence-corrected chi connectivity index (χ3v) is 8.66. The highest BCUT2D eigenvalue weighted by Crippen LogP contribution is 2.35. The summed E-state index contributed by atoms with van der Waals surface area (Å²) in [4.78, 5) is 13.2. The molecule has 210 valence electrons. The smallest absolute Gasteiger partial charge is 0.449 e.